The highest BCUT2D eigenvalue weighted by molar-refractivity contribution is 5.86. The fourth-order valence-electron chi connectivity index (χ4n) is 0.567. The highest BCUT2D eigenvalue weighted by Gasteiger charge is 2.15. The third-order valence-electron chi connectivity index (χ3n) is 1.07. The van der Waals surface area contributed by atoms with Gasteiger partial charge in [-0.1, -0.05) is 0 Å². The number of rotatable bonds is 0. The Kier molecular flexibility index (Phi) is 1.01. The highest BCUT2D eigenvalue weighted by Crippen LogP contribution is 2.03. The van der Waals surface area contributed by atoms with Crippen LogP contribution in [0.15, 0.2) is 0 Å². The molecule has 0 aromatic rings. The number of nitrogens with zero attached hydrogens (tertiary/aromatic N) is 1. The molecule has 1 fully saturated rings. The third-order valence-corrected chi connectivity index (χ3v) is 1.07. The lowest BCUT2D eigenvalue weighted by Crippen LogP contribution is -2.18. The minimum Gasteiger partial charge on any atom is -0.345 e. The molecular weight excluding hydrogens is 90.1 g/mol. The van der Waals surface area contributed by atoms with Crippen molar-refractivity contribution < 1.29 is 4.79 Å². The molecule has 1 saturated heterocycles. The summed E-state index contributed by atoms with van der Waals surface area (Å²) in [7, 11) is 1.78. The minimum absolute atomic E-state index is 0.0417. The van der Waals surface area contributed by atoms with E-state index >= 15 is 0 Å². The quantitative estimate of drug-likeness (QED) is 0.414. The van der Waals surface area contributed by atoms with Gasteiger partial charge in [-0.05, 0) is 6.42 Å². The van der Waals surface area contributed by atoms with Crippen molar-refractivity contribution >= 4 is 5.91 Å². The molecule has 0 aromatic carbocycles. The van der Waals surface area contributed by atoms with Crippen LogP contribution in [0.1, 0.15) is 6.42 Å². The van der Waals surface area contributed by atoms with Crippen LogP contribution in [0.3, 0.4) is 0 Å². The van der Waals surface area contributed by atoms with Crippen molar-refractivity contribution in [3.63, 3.8) is 0 Å². The first kappa shape index (κ1) is 4.62. The van der Waals surface area contributed by atoms with Crippen molar-refractivity contribution in [2.45, 2.75) is 6.42 Å². The zero-order valence-corrected chi connectivity index (χ0v) is 4.27. The van der Waals surface area contributed by atoms with E-state index in [4.69, 9.17) is 0 Å². The maximum Gasteiger partial charge on any atom is 0.230 e. The largest absolute Gasteiger partial charge is 0.345 e. The zero-order chi connectivity index (χ0) is 5.28. The molecule has 0 unspecified atom stereocenters. The van der Waals surface area contributed by atoms with Gasteiger partial charge in [-0.2, -0.15) is 0 Å². The monoisotopic (exact) mass is 97.1 g/mol. The van der Waals surface area contributed by atoms with Crippen LogP contribution < -0.4 is 0 Å². The zero-order valence-electron chi connectivity index (χ0n) is 4.27. The number of hydrogen-bond acceptors (Lipinski definition) is 1. The van der Waals surface area contributed by atoms with Gasteiger partial charge in [0.05, 0.1) is 6.42 Å². The summed E-state index contributed by atoms with van der Waals surface area (Å²) in [4.78, 5) is 12.0. The minimum atomic E-state index is 0.0417. The first-order valence-electron chi connectivity index (χ1n) is 2.29. The Balaban J connectivity index is 2.48. The average molecular weight is 97.1 g/mol. The Bertz CT molecular complexity index is 90.1. The second-order valence-electron chi connectivity index (χ2n) is 1.65. The van der Waals surface area contributed by atoms with Crippen molar-refractivity contribution in [3.05, 3.63) is 6.42 Å². The smallest absolute Gasteiger partial charge is 0.230 e. The molecule has 2 radical (unpaired) electrons. The SMILES string of the molecule is CN1CC[C]C1=O. The van der Waals surface area contributed by atoms with Crippen LogP contribution in [0.4, 0.5) is 0 Å². The molecular formula is C5H7NO. The van der Waals surface area contributed by atoms with Gasteiger partial charge < -0.3 is 4.90 Å². The van der Waals surface area contributed by atoms with Crippen LogP contribution >= 0.6 is 0 Å². The van der Waals surface area contributed by atoms with Gasteiger partial charge in [0.15, 0.2) is 0 Å². The molecule has 0 spiro atoms. The number of likely N-dealkylation sites (tertiary alicyclic amines) is 1. The first-order valence-corrected chi connectivity index (χ1v) is 2.29. The van der Waals surface area contributed by atoms with Gasteiger partial charge in [0.25, 0.3) is 0 Å². The number of hydrogen-bond donors (Lipinski definition) is 0. The average Bonchev–Trinajstić information content (AvgIpc) is 1.91. The van der Waals surface area contributed by atoms with Gasteiger partial charge in [-0.15, -0.1) is 0 Å². The van der Waals surface area contributed by atoms with E-state index in [2.05, 4.69) is 6.42 Å². The third kappa shape index (κ3) is 0.734. The van der Waals surface area contributed by atoms with Crippen molar-refractivity contribution in [1.29, 1.82) is 0 Å². The van der Waals surface area contributed by atoms with Gasteiger partial charge in [0.2, 0.25) is 5.91 Å². The van der Waals surface area contributed by atoms with E-state index in [-0.39, 0.29) is 5.91 Å². The van der Waals surface area contributed by atoms with E-state index in [1.54, 1.807) is 11.9 Å². The number of amides is 1. The maximum absolute atomic E-state index is 10.4. The van der Waals surface area contributed by atoms with Crippen LogP contribution in [0.5, 0.6) is 0 Å². The standard InChI is InChI=1S/C5H7NO/c1-6-4-2-3-5(6)7/h2,4H2,1H3. The normalized spacial score (nSPS) is 21.3. The Morgan fingerprint density at radius 1 is 1.86 bits per heavy atom. The lowest BCUT2D eigenvalue weighted by Gasteiger charge is -2.03. The van der Waals surface area contributed by atoms with Crippen LogP contribution in [0, 0.1) is 6.42 Å². The lowest BCUT2D eigenvalue weighted by molar-refractivity contribution is -0.123. The molecule has 1 heterocycles. The van der Waals surface area contributed by atoms with Gasteiger partial charge >= 0.3 is 0 Å². The summed E-state index contributed by atoms with van der Waals surface area (Å²) in [6.07, 6.45) is 3.46. The van der Waals surface area contributed by atoms with Gasteiger partial charge in [-0.25, -0.2) is 0 Å². The molecule has 0 aliphatic carbocycles. The lowest BCUT2D eigenvalue weighted by atomic mass is 10.4. The molecule has 0 bridgehead atoms. The summed E-state index contributed by atoms with van der Waals surface area (Å²) in [6, 6.07) is 0. The van der Waals surface area contributed by atoms with Gasteiger partial charge in [0.1, 0.15) is 0 Å². The summed E-state index contributed by atoms with van der Waals surface area (Å²) in [5.41, 5.74) is 0. The summed E-state index contributed by atoms with van der Waals surface area (Å²) < 4.78 is 0. The molecule has 0 atom stereocenters. The highest BCUT2D eigenvalue weighted by atomic mass is 16.2. The van der Waals surface area contributed by atoms with Crippen LogP contribution in [-0.4, -0.2) is 24.4 Å². The molecule has 1 amide bonds. The van der Waals surface area contributed by atoms with E-state index in [1.165, 1.54) is 0 Å². The fourth-order valence-corrected chi connectivity index (χ4v) is 0.567. The van der Waals surface area contributed by atoms with E-state index in [1.807, 2.05) is 0 Å². The second-order valence-corrected chi connectivity index (χ2v) is 1.65. The topological polar surface area (TPSA) is 20.3 Å². The molecule has 1 aliphatic heterocycles. The second kappa shape index (κ2) is 1.52. The molecule has 38 valence electrons. The Labute approximate surface area is 43.1 Å². The van der Waals surface area contributed by atoms with Crippen molar-refractivity contribution in [1.82, 2.24) is 4.90 Å². The Hall–Kier alpha value is -0.530. The Morgan fingerprint density at radius 3 is 2.71 bits per heavy atom. The van der Waals surface area contributed by atoms with Crippen molar-refractivity contribution in [3.8, 4) is 0 Å². The predicted octanol–water partition coefficient (Wildman–Crippen LogP) is -0.0702. The molecule has 2 nitrogen and oxygen atoms in total. The van der Waals surface area contributed by atoms with Crippen LogP contribution in [0.25, 0.3) is 0 Å². The first-order chi connectivity index (χ1) is 3.30. The van der Waals surface area contributed by atoms with E-state index in [0.717, 1.165) is 13.0 Å². The molecule has 1 rings (SSSR count). The van der Waals surface area contributed by atoms with Crippen LogP contribution in [0.2, 0.25) is 0 Å². The van der Waals surface area contributed by atoms with E-state index in [9.17, 15) is 4.79 Å². The van der Waals surface area contributed by atoms with Gasteiger partial charge in [-0.3, -0.25) is 4.79 Å². The van der Waals surface area contributed by atoms with E-state index in [0.29, 0.717) is 0 Å². The van der Waals surface area contributed by atoms with E-state index < -0.39 is 0 Å². The molecule has 2 heteroatoms. The molecule has 1 aliphatic rings. The molecule has 0 aromatic heterocycles. The van der Waals surface area contributed by atoms with Crippen LogP contribution in [-0.2, 0) is 4.79 Å². The fraction of sp³-hybridized carbons (Fsp3) is 0.600. The summed E-state index contributed by atoms with van der Waals surface area (Å²) >= 11 is 0. The Morgan fingerprint density at radius 2 is 2.57 bits per heavy atom. The molecule has 7 heavy (non-hydrogen) atoms. The summed E-state index contributed by atoms with van der Waals surface area (Å²) in [5.74, 6) is 0.0417. The van der Waals surface area contributed by atoms with Crippen molar-refractivity contribution in [2.75, 3.05) is 13.6 Å². The maximum atomic E-state index is 10.4. The summed E-state index contributed by atoms with van der Waals surface area (Å²) in [6.45, 7) is 0.846. The summed E-state index contributed by atoms with van der Waals surface area (Å²) in [5, 5.41) is 0. The molecule has 0 saturated carbocycles. The number of carbonyl (C=O) groups excluding carboxylic acids is 1. The van der Waals surface area contributed by atoms with Gasteiger partial charge in [0, 0.05) is 13.6 Å². The number of carbonyl (C=O) groups is 1. The van der Waals surface area contributed by atoms with Crippen molar-refractivity contribution in [2.24, 2.45) is 0 Å². The molecule has 0 N–H and O–H groups in total. The predicted molar refractivity (Wildman–Crippen MR) is 25.5 cm³/mol.